The van der Waals surface area contributed by atoms with Crippen LogP contribution in [-0.2, 0) is 27.1 Å². The van der Waals surface area contributed by atoms with Crippen LogP contribution < -0.4 is 18.9 Å². The Morgan fingerprint density at radius 3 is 2.15 bits per heavy atom. The maximum atomic E-state index is 12.7. The molecule has 12 nitrogen and oxygen atoms in total. The zero-order valence-electron chi connectivity index (χ0n) is 21.9. The summed E-state index contributed by atoms with van der Waals surface area (Å²) in [5.41, 5.74) is -0.431. The number of ether oxygens (including phenoxy) is 6. The molecule has 5 N–H and O–H groups in total. The molecule has 0 saturated carbocycles. The molecular weight excluding hydrogens is 516 g/mol. The molecule has 0 aliphatic carbocycles. The van der Waals surface area contributed by atoms with Gasteiger partial charge in [0.1, 0.15) is 24.4 Å². The molecule has 2 aliphatic heterocycles. The zero-order chi connectivity index (χ0) is 28.3. The second-order valence-electron chi connectivity index (χ2n) is 9.59. The fraction of sp³-hybridized carbons (Fsp3) is 0.519. The average Bonchev–Trinajstić information content (AvgIpc) is 3.21. The van der Waals surface area contributed by atoms with Gasteiger partial charge in [-0.05, 0) is 41.8 Å². The number of rotatable bonds is 10. The van der Waals surface area contributed by atoms with E-state index in [1.54, 1.807) is 24.3 Å². The second-order valence-corrected chi connectivity index (χ2v) is 9.59. The zero-order valence-corrected chi connectivity index (χ0v) is 21.9. The first-order valence-electron chi connectivity index (χ1n) is 12.4. The number of carbonyl (C=O) groups is 1. The molecule has 2 fully saturated rings. The lowest BCUT2D eigenvalue weighted by molar-refractivity contribution is -0.277. The third-order valence-corrected chi connectivity index (χ3v) is 7.17. The van der Waals surface area contributed by atoms with E-state index in [-0.39, 0.29) is 24.5 Å². The lowest BCUT2D eigenvalue weighted by Gasteiger charge is -2.39. The first-order valence-corrected chi connectivity index (χ1v) is 12.4. The van der Waals surface area contributed by atoms with E-state index >= 15 is 0 Å². The number of hydrogen-bond donors (Lipinski definition) is 5. The Kier molecular flexibility index (Phi) is 8.84. The molecule has 0 amide bonds. The number of cyclic esters (lactones) is 1. The summed E-state index contributed by atoms with van der Waals surface area (Å²) in [7, 11) is 4.45. The third kappa shape index (κ3) is 5.76. The highest BCUT2D eigenvalue weighted by Crippen LogP contribution is 2.38. The SMILES string of the molecule is COc1ccc(C[C@@H]2COC(=O)[C@@]2(O)Cc2ccc(O[C@H]3O[C@@H](CO)[C@H](O)[C@@H](O)[C@@H]3O)c(OC)c2)cc1OC. The summed E-state index contributed by atoms with van der Waals surface area (Å²) in [6.07, 6.45) is -6.98. The summed E-state index contributed by atoms with van der Waals surface area (Å²) in [5.74, 6) is 0.161. The standard InChI is InChI=1S/C27H34O12/c1-34-17-6-4-14(9-19(17)35-2)8-16-13-37-26(32)27(16,33)11-15-5-7-18(20(10-15)36-3)38-25-24(31)23(30)22(29)21(12-28)39-25/h4-7,9-10,16,21-25,28-31,33H,8,11-13H2,1-3H3/t16-,21+,22+,23-,24+,25+,27-/m1/s1. The van der Waals surface area contributed by atoms with Crippen molar-refractivity contribution in [3.05, 3.63) is 47.5 Å². The number of methoxy groups -OCH3 is 3. The highest BCUT2D eigenvalue weighted by Gasteiger charge is 2.51. The van der Waals surface area contributed by atoms with E-state index in [9.17, 15) is 30.3 Å². The van der Waals surface area contributed by atoms with Gasteiger partial charge in [-0.1, -0.05) is 12.1 Å². The topological polar surface area (TPSA) is 174 Å². The molecule has 2 aromatic carbocycles. The summed E-state index contributed by atoms with van der Waals surface area (Å²) in [5, 5.41) is 51.2. The van der Waals surface area contributed by atoms with Crippen molar-refractivity contribution in [1.82, 2.24) is 0 Å². The lowest BCUT2D eigenvalue weighted by atomic mass is 9.81. The highest BCUT2D eigenvalue weighted by atomic mass is 16.7. The Labute approximate surface area is 225 Å². The van der Waals surface area contributed by atoms with Crippen molar-refractivity contribution >= 4 is 5.97 Å². The molecule has 0 aromatic heterocycles. The van der Waals surface area contributed by atoms with E-state index in [2.05, 4.69) is 0 Å². The van der Waals surface area contributed by atoms with Crippen LogP contribution in [0.1, 0.15) is 11.1 Å². The Bertz CT molecular complexity index is 1150. The maximum absolute atomic E-state index is 12.7. The summed E-state index contributed by atoms with van der Waals surface area (Å²) in [4.78, 5) is 12.7. The van der Waals surface area contributed by atoms with Crippen molar-refractivity contribution in [2.24, 2.45) is 5.92 Å². The predicted molar refractivity (Wildman–Crippen MR) is 134 cm³/mol. The number of carbonyl (C=O) groups excluding carboxylic acids is 1. The van der Waals surface area contributed by atoms with Gasteiger partial charge in [0.05, 0.1) is 34.5 Å². The van der Waals surface area contributed by atoms with Crippen LogP contribution in [0, 0.1) is 5.92 Å². The Balaban J connectivity index is 1.52. The molecule has 0 radical (unpaired) electrons. The van der Waals surface area contributed by atoms with Gasteiger partial charge in [0.2, 0.25) is 6.29 Å². The Morgan fingerprint density at radius 1 is 0.872 bits per heavy atom. The van der Waals surface area contributed by atoms with Gasteiger partial charge in [-0.3, -0.25) is 0 Å². The van der Waals surface area contributed by atoms with Gasteiger partial charge in [-0.25, -0.2) is 4.79 Å². The number of aliphatic hydroxyl groups is 5. The number of benzene rings is 2. The van der Waals surface area contributed by atoms with Crippen LogP contribution in [0.15, 0.2) is 36.4 Å². The van der Waals surface area contributed by atoms with Gasteiger partial charge in [0.15, 0.2) is 28.6 Å². The van der Waals surface area contributed by atoms with E-state index in [1.807, 2.05) is 6.07 Å². The van der Waals surface area contributed by atoms with Crippen LogP contribution in [0.3, 0.4) is 0 Å². The van der Waals surface area contributed by atoms with Gasteiger partial charge in [-0.15, -0.1) is 0 Å². The van der Waals surface area contributed by atoms with Crippen LogP contribution in [0.2, 0.25) is 0 Å². The van der Waals surface area contributed by atoms with Crippen molar-refractivity contribution in [1.29, 1.82) is 0 Å². The first-order chi connectivity index (χ1) is 18.6. The normalized spacial score (nSPS) is 30.5. The van der Waals surface area contributed by atoms with E-state index in [0.717, 1.165) is 5.56 Å². The van der Waals surface area contributed by atoms with Gasteiger partial charge >= 0.3 is 5.97 Å². The van der Waals surface area contributed by atoms with E-state index in [0.29, 0.717) is 23.5 Å². The van der Waals surface area contributed by atoms with Gasteiger partial charge < -0.3 is 54.0 Å². The fourth-order valence-corrected chi connectivity index (χ4v) is 4.86. The molecule has 0 bridgehead atoms. The van der Waals surface area contributed by atoms with Crippen LogP contribution in [0.25, 0.3) is 0 Å². The molecule has 0 unspecified atom stereocenters. The number of hydrogen-bond acceptors (Lipinski definition) is 12. The molecule has 214 valence electrons. The monoisotopic (exact) mass is 550 g/mol. The van der Waals surface area contributed by atoms with Crippen LogP contribution in [0.4, 0.5) is 0 Å². The van der Waals surface area contributed by atoms with E-state index in [4.69, 9.17) is 28.4 Å². The molecule has 39 heavy (non-hydrogen) atoms. The molecule has 2 saturated heterocycles. The van der Waals surface area contributed by atoms with Crippen molar-refractivity contribution in [2.45, 2.75) is 49.1 Å². The minimum atomic E-state index is -1.81. The van der Waals surface area contributed by atoms with E-state index in [1.165, 1.54) is 27.4 Å². The van der Waals surface area contributed by atoms with Crippen molar-refractivity contribution < 1.29 is 58.7 Å². The van der Waals surface area contributed by atoms with Crippen molar-refractivity contribution in [3.8, 4) is 23.0 Å². The van der Waals surface area contributed by atoms with Gasteiger partial charge in [0.25, 0.3) is 0 Å². The quantitative estimate of drug-likeness (QED) is 0.242. The summed E-state index contributed by atoms with van der Waals surface area (Å²) in [6, 6.07) is 10.1. The number of aliphatic hydroxyl groups excluding tert-OH is 4. The maximum Gasteiger partial charge on any atom is 0.338 e. The largest absolute Gasteiger partial charge is 0.493 e. The summed E-state index contributed by atoms with van der Waals surface area (Å²) < 4.78 is 32.4. The van der Waals surface area contributed by atoms with Crippen LogP contribution in [-0.4, -0.2) is 102 Å². The molecular formula is C27H34O12. The fourth-order valence-electron chi connectivity index (χ4n) is 4.86. The average molecular weight is 551 g/mol. The molecule has 2 aliphatic rings. The smallest absolute Gasteiger partial charge is 0.338 e. The van der Waals surface area contributed by atoms with Crippen molar-refractivity contribution in [2.75, 3.05) is 34.5 Å². The highest BCUT2D eigenvalue weighted by molar-refractivity contribution is 5.82. The minimum absolute atomic E-state index is 0.0408. The third-order valence-electron chi connectivity index (χ3n) is 7.17. The predicted octanol–water partition coefficient (Wildman–Crippen LogP) is -0.420. The van der Waals surface area contributed by atoms with Crippen LogP contribution >= 0.6 is 0 Å². The number of esters is 1. The van der Waals surface area contributed by atoms with Gasteiger partial charge in [-0.2, -0.15) is 0 Å². The first kappa shape index (κ1) is 28.9. The van der Waals surface area contributed by atoms with Crippen molar-refractivity contribution in [3.63, 3.8) is 0 Å². The molecule has 0 spiro atoms. The minimum Gasteiger partial charge on any atom is -0.493 e. The lowest BCUT2D eigenvalue weighted by Crippen LogP contribution is -2.60. The molecule has 2 heterocycles. The van der Waals surface area contributed by atoms with Gasteiger partial charge in [0, 0.05) is 12.3 Å². The Morgan fingerprint density at radius 2 is 1.49 bits per heavy atom. The molecule has 4 rings (SSSR count). The molecule has 2 aromatic rings. The summed E-state index contributed by atoms with van der Waals surface area (Å²) in [6.45, 7) is -0.556. The summed E-state index contributed by atoms with van der Waals surface area (Å²) >= 11 is 0. The van der Waals surface area contributed by atoms with E-state index < -0.39 is 54.8 Å². The van der Waals surface area contributed by atoms with Crippen LogP contribution in [0.5, 0.6) is 23.0 Å². The molecule has 7 atom stereocenters. The Hall–Kier alpha value is -3.13. The second kappa shape index (κ2) is 11.9. The molecule has 12 heteroatoms.